The predicted molar refractivity (Wildman–Crippen MR) is 131 cm³/mol. The molecule has 1 aromatic carbocycles. The Morgan fingerprint density at radius 2 is 1.79 bits per heavy atom. The molecule has 1 aliphatic heterocycles. The summed E-state index contributed by atoms with van der Waals surface area (Å²) in [6, 6.07) is 12.3. The number of anilines is 1. The van der Waals surface area contributed by atoms with Gasteiger partial charge < -0.3 is 19.7 Å². The Morgan fingerprint density at radius 3 is 2.39 bits per heavy atom. The molecule has 176 valence electrons. The molecular formula is C26H34N4O3. The minimum absolute atomic E-state index is 0.272. The second kappa shape index (κ2) is 9.25. The molecule has 3 heterocycles. The quantitative estimate of drug-likeness (QED) is 0.539. The first-order valence-electron chi connectivity index (χ1n) is 11.6. The van der Waals surface area contributed by atoms with Crippen LogP contribution in [0.25, 0.3) is 11.0 Å². The molecule has 0 aliphatic carbocycles. The van der Waals surface area contributed by atoms with Crippen LogP contribution in [-0.2, 0) is 6.54 Å². The van der Waals surface area contributed by atoms with E-state index in [1.54, 1.807) is 12.1 Å². The van der Waals surface area contributed by atoms with E-state index in [0.29, 0.717) is 30.7 Å². The van der Waals surface area contributed by atoms with Crippen molar-refractivity contribution < 1.29 is 15.0 Å². The van der Waals surface area contributed by atoms with Crippen molar-refractivity contribution in [1.82, 2.24) is 14.5 Å². The molecule has 0 unspecified atom stereocenters. The lowest BCUT2D eigenvalue weighted by Gasteiger charge is -2.47. The zero-order valence-corrected chi connectivity index (χ0v) is 19.9. The highest BCUT2D eigenvalue weighted by atomic mass is 16.3. The van der Waals surface area contributed by atoms with Gasteiger partial charge in [0.2, 0.25) is 0 Å². The van der Waals surface area contributed by atoms with Crippen LogP contribution in [-0.4, -0.2) is 74.4 Å². The lowest BCUT2D eigenvalue weighted by Crippen LogP contribution is -2.59. The number of pyridine rings is 1. The number of piperazine rings is 1. The van der Waals surface area contributed by atoms with E-state index in [-0.39, 0.29) is 5.78 Å². The van der Waals surface area contributed by atoms with Crippen LogP contribution in [0.4, 0.5) is 5.69 Å². The van der Waals surface area contributed by atoms with Crippen LogP contribution in [0.1, 0.15) is 43.6 Å². The predicted octanol–water partition coefficient (Wildman–Crippen LogP) is 2.93. The molecule has 0 spiro atoms. The standard InChI is InChI=1S/C26H34N4O3/c1-18-13-29(14-19(2)30(18)17-26(3,4)33)23-11-22-9-10-28(25(22)27-12-23)15-20-5-7-21(8-6-20)24(32)16-31/h5-12,18-19,31,33H,13-17H2,1-4H3/t18-,19+. The number of aliphatic hydroxyl groups is 2. The first-order valence-corrected chi connectivity index (χ1v) is 11.6. The van der Waals surface area contributed by atoms with Crippen LogP contribution < -0.4 is 4.90 Å². The van der Waals surface area contributed by atoms with Crippen molar-refractivity contribution in [3.05, 3.63) is 59.9 Å². The number of aliphatic hydroxyl groups excluding tert-OH is 1. The zero-order valence-electron chi connectivity index (χ0n) is 19.9. The Hall–Kier alpha value is -2.74. The topological polar surface area (TPSA) is 81.8 Å². The number of Topliss-reactive ketones (excluding diaryl/α,β-unsaturated/α-hetero) is 1. The van der Waals surface area contributed by atoms with Crippen LogP contribution in [0.2, 0.25) is 0 Å². The van der Waals surface area contributed by atoms with E-state index in [0.717, 1.165) is 35.4 Å². The Kier molecular flexibility index (Phi) is 6.56. The number of carbonyl (C=O) groups is 1. The lowest BCUT2D eigenvalue weighted by atomic mass is 10.0. The number of nitrogens with zero attached hydrogens (tertiary/aromatic N) is 4. The summed E-state index contributed by atoms with van der Waals surface area (Å²) < 4.78 is 2.11. The maximum absolute atomic E-state index is 11.6. The van der Waals surface area contributed by atoms with Crippen LogP contribution >= 0.6 is 0 Å². The summed E-state index contributed by atoms with van der Waals surface area (Å²) in [4.78, 5) is 21.2. The van der Waals surface area contributed by atoms with E-state index in [2.05, 4.69) is 40.3 Å². The summed E-state index contributed by atoms with van der Waals surface area (Å²) in [5, 5.41) is 20.4. The van der Waals surface area contributed by atoms with E-state index >= 15 is 0 Å². The van der Waals surface area contributed by atoms with Crippen LogP contribution in [0, 0.1) is 0 Å². The zero-order chi connectivity index (χ0) is 23.8. The Bertz CT molecular complexity index is 1100. The van der Waals surface area contributed by atoms with E-state index < -0.39 is 12.2 Å². The molecule has 7 heteroatoms. The molecule has 0 saturated carbocycles. The molecule has 4 rings (SSSR count). The average molecular weight is 451 g/mol. The fourth-order valence-corrected chi connectivity index (χ4v) is 4.78. The first kappa shape index (κ1) is 23.4. The monoisotopic (exact) mass is 450 g/mol. The molecule has 2 atom stereocenters. The van der Waals surface area contributed by atoms with Gasteiger partial charge in [0.1, 0.15) is 12.3 Å². The molecule has 1 saturated heterocycles. The molecule has 2 aromatic heterocycles. The number of hydrogen-bond donors (Lipinski definition) is 2. The van der Waals surface area contributed by atoms with Crippen molar-refractivity contribution in [1.29, 1.82) is 0 Å². The SMILES string of the molecule is C[C@@H]1CN(c2cnc3c(ccn3Cc3ccc(C(=O)CO)cc3)c2)C[C@H](C)N1CC(C)(C)O. The van der Waals surface area contributed by atoms with Gasteiger partial charge in [-0.25, -0.2) is 4.98 Å². The number of fused-ring (bicyclic) bond motifs is 1. The summed E-state index contributed by atoms with van der Waals surface area (Å²) in [5.41, 5.74) is 2.93. The third-order valence-electron chi connectivity index (χ3n) is 6.40. The Balaban J connectivity index is 1.48. The summed E-state index contributed by atoms with van der Waals surface area (Å²) >= 11 is 0. The number of hydrogen-bond acceptors (Lipinski definition) is 6. The third-order valence-corrected chi connectivity index (χ3v) is 6.40. The normalized spacial score (nSPS) is 19.9. The van der Waals surface area contributed by atoms with Gasteiger partial charge in [-0.3, -0.25) is 9.69 Å². The van der Waals surface area contributed by atoms with Gasteiger partial charge in [-0.1, -0.05) is 24.3 Å². The number of carbonyl (C=O) groups excluding carboxylic acids is 1. The fraction of sp³-hybridized carbons (Fsp3) is 0.462. The van der Waals surface area contributed by atoms with E-state index in [1.165, 1.54) is 0 Å². The maximum Gasteiger partial charge on any atom is 0.188 e. The molecule has 1 fully saturated rings. The van der Waals surface area contributed by atoms with E-state index in [1.807, 2.05) is 38.4 Å². The lowest BCUT2D eigenvalue weighted by molar-refractivity contribution is 0.00247. The van der Waals surface area contributed by atoms with Gasteiger partial charge in [0.15, 0.2) is 5.78 Å². The molecule has 0 radical (unpaired) electrons. The van der Waals surface area contributed by atoms with Crippen LogP contribution in [0.3, 0.4) is 0 Å². The van der Waals surface area contributed by atoms with Gasteiger partial charge in [-0.15, -0.1) is 0 Å². The van der Waals surface area contributed by atoms with Crippen LogP contribution in [0.15, 0.2) is 48.8 Å². The number of aromatic nitrogens is 2. The second-order valence-electron chi connectivity index (χ2n) is 9.92. The largest absolute Gasteiger partial charge is 0.389 e. The third kappa shape index (κ3) is 5.27. The molecule has 2 N–H and O–H groups in total. The van der Waals surface area contributed by atoms with E-state index in [4.69, 9.17) is 10.1 Å². The highest BCUT2D eigenvalue weighted by molar-refractivity contribution is 5.96. The highest BCUT2D eigenvalue weighted by Crippen LogP contribution is 2.26. The van der Waals surface area contributed by atoms with Gasteiger partial charge in [-0.05, 0) is 45.4 Å². The fourth-order valence-electron chi connectivity index (χ4n) is 4.78. The first-order chi connectivity index (χ1) is 15.6. The summed E-state index contributed by atoms with van der Waals surface area (Å²) in [7, 11) is 0. The summed E-state index contributed by atoms with van der Waals surface area (Å²) in [6.45, 7) is 10.8. The number of benzene rings is 1. The highest BCUT2D eigenvalue weighted by Gasteiger charge is 2.32. The summed E-state index contributed by atoms with van der Waals surface area (Å²) in [6.07, 6.45) is 3.99. The number of β-amino-alcohol motifs (C(OH)–C–C–N with tert-alkyl or cyclic N) is 1. The molecule has 0 bridgehead atoms. The molecule has 1 aliphatic rings. The second-order valence-corrected chi connectivity index (χ2v) is 9.92. The van der Waals surface area contributed by atoms with Crippen LogP contribution in [0.5, 0.6) is 0 Å². The summed E-state index contributed by atoms with van der Waals surface area (Å²) in [5.74, 6) is -0.272. The van der Waals surface area contributed by atoms with Gasteiger partial charge in [0, 0.05) is 55.4 Å². The molecule has 7 nitrogen and oxygen atoms in total. The molecule has 3 aromatic rings. The van der Waals surface area contributed by atoms with Gasteiger partial charge in [-0.2, -0.15) is 0 Å². The maximum atomic E-state index is 11.6. The van der Waals surface area contributed by atoms with Crippen molar-refractivity contribution in [2.45, 2.75) is 51.9 Å². The molecular weight excluding hydrogens is 416 g/mol. The molecule has 33 heavy (non-hydrogen) atoms. The smallest absolute Gasteiger partial charge is 0.188 e. The van der Waals surface area contributed by atoms with Gasteiger partial charge >= 0.3 is 0 Å². The van der Waals surface area contributed by atoms with Crippen molar-refractivity contribution in [2.24, 2.45) is 0 Å². The Morgan fingerprint density at radius 1 is 1.12 bits per heavy atom. The minimum atomic E-state index is -0.706. The van der Waals surface area contributed by atoms with Crippen molar-refractivity contribution >= 4 is 22.5 Å². The number of rotatable bonds is 7. The Labute approximate surface area is 195 Å². The van der Waals surface area contributed by atoms with Crippen molar-refractivity contribution in [3.8, 4) is 0 Å². The van der Waals surface area contributed by atoms with Gasteiger partial charge in [0.05, 0.1) is 17.5 Å². The minimum Gasteiger partial charge on any atom is -0.389 e. The molecule has 0 amide bonds. The van der Waals surface area contributed by atoms with Crippen molar-refractivity contribution in [3.63, 3.8) is 0 Å². The van der Waals surface area contributed by atoms with Gasteiger partial charge in [0.25, 0.3) is 0 Å². The van der Waals surface area contributed by atoms with E-state index in [9.17, 15) is 9.90 Å². The number of ketones is 1. The van der Waals surface area contributed by atoms with Crippen molar-refractivity contribution in [2.75, 3.05) is 31.1 Å². The average Bonchev–Trinajstić information content (AvgIpc) is 3.17.